The van der Waals surface area contributed by atoms with Crippen LogP contribution in [-0.4, -0.2) is 43.1 Å². The first-order chi connectivity index (χ1) is 6.13. The fourth-order valence-corrected chi connectivity index (χ4v) is 1.16. The summed E-state index contributed by atoms with van der Waals surface area (Å²) in [6.45, 7) is 2.89. The Morgan fingerprint density at radius 3 is 2.85 bits per heavy atom. The predicted octanol–water partition coefficient (Wildman–Crippen LogP) is -0.0368. The lowest BCUT2D eigenvalue weighted by atomic mass is 10.3. The van der Waals surface area contributed by atoms with Crippen LogP contribution in [0.15, 0.2) is 0 Å². The van der Waals surface area contributed by atoms with E-state index >= 15 is 0 Å². The molecular weight excluding hydrogens is 172 g/mol. The van der Waals surface area contributed by atoms with E-state index in [1.165, 1.54) is 0 Å². The maximum atomic E-state index is 11.2. The van der Waals surface area contributed by atoms with Gasteiger partial charge >= 0.3 is 6.03 Å². The molecule has 0 bridgehead atoms. The lowest BCUT2D eigenvalue weighted by molar-refractivity contribution is -0.121. The second-order valence-electron chi connectivity index (χ2n) is 3.10. The van der Waals surface area contributed by atoms with Crippen LogP contribution in [0.2, 0.25) is 0 Å². The topological polar surface area (TPSA) is 58.6 Å². The molecule has 0 aromatic rings. The number of carbonyl (C=O) groups excluding carboxylic acids is 2. The average Bonchev–Trinajstić information content (AvgIpc) is 2.09. The van der Waals surface area contributed by atoms with Crippen LogP contribution in [0.5, 0.6) is 0 Å². The molecule has 1 aliphatic heterocycles. The van der Waals surface area contributed by atoms with E-state index in [0.717, 1.165) is 0 Å². The maximum Gasteiger partial charge on any atom is 0.324 e. The van der Waals surface area contributed by atoms with Crippen LogP contribution in [0.25, 0.3) is 0 Å². The minimum Gasteiger partial charge on any atom is -0.380 e. The van der Waals surface area contributed by atoms with E-state index < -0.39 is 0 Å². The molecule has 1 saturated heterocycles. The van der Waals surface area contributed by atoms with Crippen LogP contribution < -0.4 is 5.32 Å². The normalized spacial score (nSPS) is 20.0. The highest BCUT2D eigenvalue weighted by Crippen LogP contribution is 2.02. The summed E-state index contributed by atoms with van der Waals surface area (Å²) in [4.78, 5) is 23.6. The summed E-state index contributed by atoms with van der Waals surface area (Å²) in [6, 6.07) is -0.319. The van der Waals surface area contributed by atoms with E-state index in [-0.39, 0.29) is 18.0 Å². The van der Waals surface area contributed by atoms with Crippen LogP contribution in [0.3, 0.4) is 0 Å². The second-order valence-corrected chi connectivity index (χ2v) is 3.10. The van der Waals surface area contributed by atoms with Crippen LogP contribution in [-0.2, 0) is 9.53 Å². The number of hydrogen-bond donors (Lipinski definition) is 1. The third kappa shape index (κ3) is 2.69. The van der Waals surface area contributed by atoms with E-state index in [1.54, 1.807) is 12.0 Å². The molecule has 0 aliphatic carbocycles. The van der Waals surface area contributed by atoms with Gasteiger partial charge in [-0.1, -0.05) is 0 Å². The van der Waals surface area contributed by atoms with Gasteiger partial charge in [-0.15, -0.1) is 0 Å². The fourth-order valence-electron chi connectivity index (χ4n) is 1.16. The molecule has 0 spiro atoms. The molecule has 1 rings (SSSR count). The molecule has 1 N–H and O–H groups in total. The predicted molar refractivity (Wildman–Crippen MR) is 46.2 cm³/mol. The number of hydrogen-bond acceptors (Lipinski definition) is 3. The van der Waals surface area contributed by atoms with Gasteiger partial charge in [-0.2, -0.15) is 0 Å². The summed E-state index contributed by atoms with van der Waals surface area (Å²) in [5, 5.41) is 2.25. The van der Waals surface area contributed by atoms with Crippen LogP contribution >= 0.6 is 0 Å². The molecule has 1 fully saturated rings. The summed E-state index contributed by atoms with van der Waals surface area (Å²) in [5.41, 5.74) is 0. The number of imide groups is 1. The van der Waals surface area contributed by atoms with Gasteiger partial charge in [0.25, 0.3) is 0 Å². The van der Waals surface area contributed by atoms with Gasteiger partial charge in [0.15, 0.2) is 0 Å². The van der Waals surface area contributed by atoms with Crippen molar-refractivity contribution in [3.63, 3.8) is 0 Å². The molecule has 1 aliphatic rings. The molecular formula is C8H14N2O3. The Labute approximate surface area is 77.0 Å². The van der Waals surface area contributed by atoms with Crippen molar-refractivity contribution in [1.29, 1.82) is 0 Å². The fraction of sp³-hybridized carbons (Fsp3) is 0.750. The zero-order chi connectivity index (χ0) is 9.84. The Morgan fingerprint density at radius 2 is 2.31 bits per heavy atom. The molecule has 13 heavy (non-hydrogen) atoms. The lowest BCUT2D eigenvalue weighted by Gasteiger charge is -2.28. The highest BCUT2D eigenvalue weighted by atomic mass is 16.5. The van der Waals surface area contributed by atoms with E-state index in [9.17, 15) is 9.59 Å². The molecule has 1 heterocycles. The van der Waals surface area contributed by atoms with Crippen LogP contribution in [0.1, 0.15) is 13.3 Å². The molecule has 74 valence electrons. The highest BCUT2D eigenvalue weighted by Gasteiger charge is 2.23. The first-order valence-electron chi connectivity index (χ1n) is 4.25. The first kappa shape index (κ1) is 9.98. The van der Waals surface area contributed by atoms with Gasteiger partial charge in [0.2, 0.25) is 5.91 Å². The third-order valence-electron chi connectivity index (χ3n) is 2.02. The largest absolute Gasteiger partial charge is 0.380 e. The van der Waals surface area contributed by atoms with Gasteiger partial charge in [0.1, 0.15) is 0 Å². The van der Waals surface area contributed by atoms with E-state index in [2.05, 4.69) is 5.32 Å². The summed E-state index contributed by atoms with van der Waals surface area (Å²) in [7, 11) is 1.59. The summed E-state index contributed by atoms with van der Waals surface area (Å²) < 4.78 is 5.02. The van der Waals surface area contributed by atoms with Gasteiger partial charge < -0.3 is 9.64 Å². The Bertz CT molecular complexity index is 217. The molecule has 5 heteroatoms. The molecule has 0 saturated carbocycles. The Hall–Kier alpha value is -1.10. The number of rotatable bonds is 3. The van der Waals surface area contributed by atoms with Gasteiger partial charge in [-0.05, 0) is 6.92 Å². The molecule has 1 atom stereocenters. The second kappa shape index (κ2) is 4.23. The smallest absolute Gasteiger partial charge is 0.324 e. The van der Waals surface area contributed by atoms with Crippen molar-refractivity contribution in [2.45, 2.75) is 19.4 Å². The molecule has 0 aromatic carbocycles. The number of ether oxygens (including phenoxy) is 1. The van der Waals surface area contributed by atoms with Crippen LogP contribution in [0, 0.1) is 0 Å². The summed E-state index contributed by atoms with van der Waals surface area (Å²) >= 11 is 0. The Kier molecular flexibility index (Phi) is 3.25. The Morgan fingerprint density at radius 1 is 1.62 bits per heavy atom. The monoisotopic (exact) mass is 186 g/mol. The van der Waals surface area contributed by atoms with Crippen molar-refractivity contribution in [1.82, 2.24) is 10.2 Å². The van der Waals surface area contributed by atoms with Crippen molar-refractivity contribution in [3.05, 3.63) is 0 Å². The number of nitrogens with zero attached hydrogens (tertiary/aromatic N) is 1. The van der Waals surface area contributed by atoms with Crippen molar-refractivity contribution in [3.8, 4) is 0 Å². The van der Waals surface area contributed by atoms with Gasteiger partial charge in [-0.3, -0.25) is 10.1 Å². The third-order valence-corrected chi connectivity index (χ3v) is 2.02. The number of urea groups is 1. The Balaban J connectivity index is 2.42. The van der Waals surface area contributed by atoms with Crippen molar-refractivity contribution in [2.24, 2.45) is 0 Å². The van der Waals surface area contributed by atoms with E-state index in [0.29, 0.717) is 19.5 Å². The van der Waals surface area contributed by atoms with E-state index in [4.69, 9.17) is 4.74 Å². The number of amides is 3. The standard InChI is InChI=1S/C8H14N2O3/c1-6(13-2)5-10-4-3-7(11)9-8(10)12/h6H,3-5H2,1-2H3,(H,9,11,12). The SMILES string of the molecule is COC(C)CN1CCC(=O)NC1=O. The molecule has 0 aromatic heterocycles. The average molecular weight is 186 g/mol. The highest BCUT2D eigenvalue weighted by molar-refractivity contribution is 5.96. The zero-order valence-corrected chi connectivity index (χ0v) is 7.87. The lowest BCUT2D eigenvalue weighted by Crippen LogP contribution is -2.51. The van der Waals surface area contributed by atoms with E-state index in [1.807, 2.05) is 6.92 Å². The van der Waals surface area contributed by atoms with Gasteiger partial charge in [0, 0.05) is 26.6 Å². The van der Waals surface area contributed by atoms with Gasteiger partial charge in [-0.25, -0.2) is 4.79 Å². The maximum absolute atomic E-state index is 11.2. The number of carbonyl (C=O) groups is 2. The van der Waals surface area contributed by atoms with Crippen molar-refractivity contribution >= 4 is 11.9 Å². The quantitative estimate of drug-likeness (QED) is 0.673. The minimum atomic E-state index is -0.319. The number of methoxy groups -OCH3 is 1. The number of nitrogens with one attached hydrogen (secondary N) is 1. The first-order valence-corrected chi connectivity index (χ1v) is 4.25. The summed E-state index contributed by atoms with van der Waals surface area (Å²) in [5.74, 6) is -0.202. The molecule has 3 amide bonds. The summed E-state index contributed by atoms with van der Waals surface area (Å²) in [6.07, 6.45) is 0.376. The van der Waals surface area contributed by atoms with Crippen molar-refractivity contribution in [2.75, 3.05) is 20.2 Å². The molecule has 0 radical (unpaired) electrons. The molecule has 1 unspecified atom stereocenters. The van der Waals surface area contributed by atoms with Crippen molar-refractivity contribution < 1.29 is 14.3 Å². The molecule has 5 nitrogen and oxygen atoms in total. The van der Waals surface area contributed by atoms with Crippen LogP contribution in [0.4, 0.5) is 4.79 Å². The van der Waals surface area contributed by atoms with Gasteiger partial charge in [0.05, 0.1) is 6.10 Å². The minimum absolute atomic E-state index is 0.000970. The zero-order valence-electron chi connectivity index (χ0n) is 7.87.